The third-order valence-electron chi connectivity index (χ3n) is 9.77. The van der Waals surface area contributed by atoms with Gasteiger partial charge >= 0.3 is 0 Å². The van der Waals surface area contributed by atoms with E-state index >= 15 is 0 Å². The van der Waals surface area contributed by atoms with Gasteiger partial charge in [0.2, 0.25) is 0 Å². The normalized spacial score (nSPS) is 55.6. The fourth-order valence-electron chi connectivity index (χ4n) is 7.76. The number of hydrogen-bond donors (Lipinski definition) is 3. The number of Topliss-reactive ketones (excluding diaryl/α,β-unsaturated/α-hetero) is 1. The van der Waals surface area contributed by atoms with E-state index in [0.29, 0.717) is 17.8 Å². The number of carbonyl (C=O) groups is 1. The van der Waals surface area contributed by atoms with Gasteiger partial charge < -0.3 is 20.1 Å². The molecule has 2 saturated carbocycles. The van der Waals surface area contributed by atoms with Crippen molar-refractivity contribution < 1.29 is 24.9 Å². The maximum atomic E-state index is 13.9. The van der Waals surface area contributed by atoms with Crippen molar-refractivity contribution in [3.8, 4) is 0 Å². The summed E-state index contributed by atoms with van der Waals surface area (Å²) < 4.78 is 5.90. The fourth-order valence-corrected chi connectivity index (χ4v) is 7.76. The second-order valence-electron chi connectivity index (χ2n) is 11.1. The number of fused-ring (bicyclic) bond motifs is 5. The first-order chi connectivity index (χ1) is 12.7. The Morgan fingerprint density at radius 1 is 1.11 bits per heavy atom. The first kappa shape index (κ1) is 20.5. The van der Waals surface area contributed by atoms with E-state index < -0.39 is 28.6 Å². The molecule has 1 unspecified atom stereocenters. The lowest BCUT2D eigenvalue weighted by atomic mass is 9.39. The van der Waals surface area contributed by atoms with Gasteiger partial charge in [0.1, 0.15) is 6.10 Å². The van der Waals surface area contributed by atoms with Crippen LogP contribution < -0.4 is 0 Å². The molecule has 0 aromatic carbocycles. The standard InChI is InChI=1S/C23H36O5/c1-11-8-15-21(6,10-28-15)18-13(3)23(27)9-14(24)12(2)16(20(23,4)5)17(25)19(26)22(11,18)7/h11,13-15,17-18,24-25,27H,8-10H2,1-7H3/t11-,13-,14?,15+,17+,18+,21+,22+,23+/m0/s1. The molecule has 1 saturated heterocycles. The minimum absolute atomic E-state index is 0.0387. The minimum Gasteiger partial charge on any atom is -0.389 e. The highest BCUT2D eigenvalue weighted by Gasteiger charge is 2.71. The van der Waals surface area contributed by atoms with Crippen molar-refractivity contribution in [1.82, 2.24) is 0 Å². The van der Waals surface area contributed by atoms with Crippen molar-refractivity contribution in [2.75, 3.05) is 6.61 Å². The molecule has 9 atom stereocenters. The summed E-state index contributed by atoms with van der Waals surface area (Å²) in [6.07, 6.45) is -1.08. The number of aliphatic hydroxyl groups excluding tert-OH is 2. The van der Waals surface area contributed by atoms with Gasteiger partial charge in [-0.25, -0.2) is 0 Å². The maximum Gasteiger partial charge on any atom is 0.171 e. The van der Waals surface area contributed by atoms with Crippen LogP contribution in [0.1, 0.15) is 61.3 Å². The number of ketones is 1. The summed E-state index contributed by atoms with van der Waals surface area (Å²) in [4.78, 5) is 13.9. The SMILES string of the molecule is CC1=C2[C@@H](O)C(=O)[C@@]3(C)[C@H]([C@H](C)[C@](O)(CC1O)C2(C)C)[C@]1(C)CO[C@@H]1C[C@@H]3C. The zero-order valence-corrected chi connectivity index (χ0v) is 18.2. The topological polar surface area (TPSA) is 87.0 Å². The predicted octanol–water partition coefficient (Wildman–Crippen LogP) is 2.47. The minimum atomic E-state index is -1.31. The number of ether oxygens (including phenoxy) is 1. The molecule has 0 amide bonds. The summed E-state index contributed by atoms with van der Waals surface area (Å²) >= 11 is 0. The summed E-state index contributed by atoms with van der Waals surface area (Å²) in [6, 6.07) is 0. The molecule has 0 aromatic heterocycles. The van der Waals surface area contributed by atoms with Crippen LogP contribution in [0, 0.1) is 34.0 Å². The van der Waals surface area contributed by atoms with Crippen LogP contribution in [0.25, 0.3) is 0 Å². The van der Waals surface area contributed by atoms with Gasteiger partial charge in [0.25, 0.3) is 0 Å². The van der Waals surface area contributed by atoms with Crippen LogP contribution in [-0.2, 0) is 9.53 Å². The summed E-state index contributed by atoms with van der Waals surface area (Å²) in [5, 5.41) is 34.2. The number of carbonyl (C=O) groups excluding carboxylic acids is 1. The Morgan fingerprint density at radius 3 is 2.25 bits per heavy atom. The molecule has 3 N–H and O–H groups in total. The van der Waals surface area contributed by atoms with Crippen LogP contribution in [0.15, 0.2) is 11.1 Å². The Hall–Kier alpha value is -0.750. The van der Waals surface area contributed by atoms with E-state index in [1.165, 1.54) is 0 Å². The maximum absolute atomic E-state index is 13.9. The van der Waals surface area contributed by atoms with Gasteiger partial charge in [-0.2, -0.15) is 0 Å². The largest absolute Gasteiger partial charge is 0.389 e. The van der Waals surface area contributed by atoms with Crippen molar-refractivity contribution in [2.45, 2.75) is 85.2 Å². The molecule has 2 bridgehead atoms. The average molecular weight is 393 g/mol. The van der Waals surface area contributed by atoms with E-state index in [2.05, 4.69) is 13.8 Å². The zero-order chi connectivity index (χ0) is 21.0. The second kappa shape index (κ2) is 5.69. The van der Waals surface area contributed by atoms with Gasteiger partial charge in [-0.3, -0.25) is 4.79 Å². The van der Waals surface area contributed by atoms with Crippen LogP contribution in [0.3, 0.4) is 0 Å². The van der Waals surface area contributed by atoms with E-state index in [-0.39, 0.29) is 41.5 Å². The zero-order valence-electron chi connectivity index (χ0n) is 18.2. The molecule has 158 valence electrons. The van der Waals surface area contributed by atoms with E-state index in [0.717, 1.165) is 6.42 Å². The first-order valence-corrected chi connectivity index (χ1v) is 10.7. The molecule has 0 aromatic rings. The number of rotatable bonds is 0. The Bertz CT molecular complexity index is 756. The van der Waals surface area contributed by atoms with Crippen molar-refractivity contribution in [2.24, 2.45) is 34.0 Å². The van der Waals surface area contributed by atoms with E-state index in [1.54, 1.807) is 6.92 Å². The highest BCUT2D eigenvalue weighted by Crippen LogP contribution is 2.67. The number of hydrogen-bond acceptors (Lipinski definition) is 5. The smallest absolute Gasteiger partial charge is 0.171 e. The molecule has 5 nitrogen and oxygen atoms in total. The van der Waals surface area contributed by atoms with Crippen molar-refractivity contribution in [3.63, 3.8) is 0 Å². The van der Waals surface area contributed by atoms with Crippen LogP contribution in [-0.4, -0.2) is 51.6 Å². The Kier molecular flexibility index (Phi) is 4.17. The fraction of sp³-hybridized carbons (Fsp3) is 0.870. The molecule has 3 fully saturated rings. The molecular formula is C23H36O5. The molecule has 5 heteroatoms. The summed E-state index contributed by atoms with van der Waals surface area (Å²) in [5.41, 5.74) is -1.88. The van der Waals surface area contributed by atoms with Gasteiger partial charge in [0.15, 0.2) is 5.78 Å². The highest BCUT2D eigenvalue weighted by atomic mass is 16.5. The van der Waals surface area contributed by atoms with Gasteiger partial charge in [0.05, 0.1) is 24.4 Å². The van der Waals surface area contributed by atoms with E-state index in [4.69, 9.17) is 4.74 Å². The molecule has 0 spiro atoms. The van der Waals surface area contributed by atoms with Gasteiger partial charge in [-0.1, -0.05) is 41.5 Å². The van der Waals surface area contributed by atoms with Crippen LogP contribution in [0.4, 0.5) is 0 Å². The quantitative estimate of drug-likeness (QED) is 0.551. The Morgan fingerprint density at radius 2 is 1.71 bits per heavy atom. The lowest BCUT2D eigenvalue weighted by Gasteiger charge is -2.69. The van der Waals surface area contributed by atoms with E-state index in [9.17, 15) is 20.1 Å². The highest BCUT2D eigenvalue weighted by molar-refractivity contribution is 5.92. The first-order valence-electron chi connectivity index (χ1n) is 10.7. The molecule has 0 radical (unpaired) electrons. The Labute approximate surface area is 168 Å². The molecular weight excluding hydrogens is 356 g/mol. The lowest BCUT2D eigenvalue weighted by molar-refractivity contribution is -0.293. The summed E-state index contributed by atoms with van der Waals surface area (Å²) in [7, 11) is 0. The van der Waals surface area contributed by atoms with Gasteiger partial charge in [-0.15, -0.1) is 0 Å². The van der Waals surface area contributed by atoms with Crippen LogP contribution >= 0.6 is 0 Å². The molecule has 4 aliphatic rings. The monoisotopic (exact) mass is 392 g/mol. The van der Waals surface area contributed by atoms with Crippen LogP contribution in [0.5, 0.6) is 0 Å². The molecule has 3 aliphatic carbocycles. The molecule has 1 aliphatic heterocycles. The average Bonchev–Trinajstić information content (AvgIpc) is 2.60. The Balaban J connectivity index is 2.01. The van der Waals surface area contributed by atoms with Crippen molar-refractivity contribution in [3.05, 3.63) is 11.1 Å². The number of aliphatic hydroxyl groups is 3. The molecule has 1 heterocycles. The van der Waals surface area contributed by atoms with Gasteiger partial charge in [-0.05, 0) is 42.2 Å². The third-order valence-corrected chi connectivity index (χ3v) is 9.77. The molecule has 28 heavy (non-hydrogen) atoms. The van der Waals surface area contributed by atoms with Crippen LogP contribution in [0.2, 0.25) is 0 Å². The van der Waals surface area contributed by atoms with E-state index in [1.807, 2.05) is 27.7 Å². The van der Waals surface area contributed by atoms with Crippen molar-refractivity contribution in [1.29, 1.82) is 0 Å². The van der Waals surface area contributed by atoms with Crippen molar-refractivity contribution >= 4 is 5.78 Å². The second-order valence-corrected chi connectivity index (χ2v) is 11.1. The summed E-state index contributed by atoms with van der Waals surface area (Å²) in [5.74, 6) is -0.499. The third kappa shape index (κ3) is 2.04. The lowest BCUT2D eigenvalue weighted by Crippen LogP contribution is -2.73. The molecule has 4 rings (SSSR count). The predicted molar refractivity (Wildman–Crippen MR) is 105 cm³/mol. The van der Waals surface area contributed by atoms with Gasteiger partial charge in [0, 0.05) is 22.7 Å². The summed E-state index contributed by atoms with van der Waals surface area (Å²) in [6.45, 7) is 14.5.